The van der Waals surface area contributed by atoms with Crippen LogP contribution in [0, 0.1) is 23.7 Å². The fourth-order valence-electron chi connectivity index (χ4n) is 10.2. The Bertz CT molecular complexity index is 1990. The van der Waals surface area contributed by atoms with E-state index in [1.54, 1.807) is 36.6 Å². The quantitative estimate of drug-likeness (QED) is 0.218. The van der Waals surface area contributed by atoms with Crippen molar-refractivity contribution in [1.29, 1.82) is 0 Å². The van der Waals surface area contributed by atoms with Gasteiger partial charge < -0.3 is 19.7 Å². The lowest BCUT2D eigenvalue weighted by Crippen LogP contribution is -2.66. The molecule has 0 spiro atoms. The minimum absolute atomic E-state index is 0.0779. The molecule has 57 heavy (non-hydrogen) atoms. The lowest BCUT2D eigenvalue weighted by atomic mass is 9.56. The van der Waals surface area contributed by atoms with E-state index in [0.29, 0.717) is 48.8 Å². The smallest absolute Gasteiger partial charge is 0.434 e. The Balaban J connectivity index is 1.22. The highest BCUT2D eigenvalue weighted by atomic mass is 19.4. The average Bonchev–Trinajstić information content (AvgIpc) is 3.48. The van der Waals surface area contributed by atoms with Gasteiger partial charge in [0.15, 0.2) is 11.5 Å². The monoisotopic (exact) mass is 813 g/mol. The molecular weight excluding hydrogens is 766 g/mol. The molecule has 3 saturated carbocycles. The number of rotatable bonds is 8. The van der Waals surface area contributed by atoms with Gasteiger partial charge in [-0.25, -0.2) is 23.5 Å². The van der Waals surface area contributed by atoms with Crippen molar-refractivity contribution < 1.29 is 54.6 Å². The molecule has 7 atom stereocenters. The molecular formula is C40H47F8N5O4. The average molecular weight is 814 g/mol. The molecule has 7 unspecified atom stereocenters. The lowest BCUT2D eigenvalue weighted by molar-refractivity contribution is -0.156. The van der Waals surface area contributed by atoms with E-state index in [0.717, 1.165) is 12.6 Å². The van der Waals surface area contributed by atoms with Gasteiger partial charge in [-0.05, 0) is 94.1 Å². The second kappa shape index (κ2) is 15.0. The highest BCUT2D eigenvalue weighted by molar-refractivity contribution is 6.00. The highest BCUT2D eigenvalue weighted by Gasteiger charge is 2.57. The van der Waals surface area contributed by atoms with Gasteiger partial charge in [0.2, 0.25) is 5.92 Å². The van der Waals surface area contributed by atoms with E-state index in [2.05, 4.69) is 15.3 Å². The van der Waals surface area contributed by atoms with Crippen LogP contribution in [0.3, 0.4) is 0 Å². The van der Waals surface area contributed by atoms with Crippen LogP contribution in [0.4, 0.5) is 35.1 Å². The van der Waals surface area contributed by atoms with Crippen molar-refractivity contribution in [1.82, 2.24) is 24.8 Å². The number of carboxylic acid groups (broad SMARTS) is 1. The van der Waals surface area contributed by atoms with E-state index in [9.17, 15) is 49.8 Å². The van der Waals surface area contributed by atoms with Gasteiger partial charge in [0, 0.05) is 60.9 Å². The van der Waals surface area contributed by atoms with Gasteiger partial charge in [0.25, 0.3) is 5.91 Å². The summed E-state index contributed by atoms with van der Waals surface area (Å²) in [5, 5.41) is 13.4. The predicted molar refractivity (Wildman–Crippen MR) is 193 cm³/mol. The maximum absolute atomic E-state index is 14.8. The third-order valence-corrected chi connectivity index (χ3v) is 12.9. The van der Waals surface area contributed by atoms with Crippen LogP contribution >= 0.6 is 0 Å². The number of nitrogens with zero attached hydrogens (tertiary/aromatic N) is 4. The van der Waals surface area contributed by atoms with Gasteiger partial charge in [-0.3, -0.25) is 9.69 Å². The minimum Gasteiger partial charge on any atom is -0.490 e. The number of aromatic nitrogens is 3. The molecule has 0 radical (unpaired) electrons. The predicted octanol–water partition coefficient (Wildman–Crippen LogP) is 9.31. The molecule has 1 saturated heterocycles. The fourth-order valence-corrected chi connectivity index (χ4v) is 10.2. The standard InChI is InChI=1S/C40H47F8N5O4/c1-21-12-24-14-22(2)39(36(55)56,25(13-21)16-24)51-35(54)30-18-49-34(50-33(30)40(46,47)48)31-19-53(26-6-9-37(41,42)10-7-26)32-17-27(4-5-29(31)32)57-28-8-11-52(23(3)15-28)20-38(43,44)45/h4-5,17-19,21-26,28H,6-16,20H2,1-3H3,(H,51,54)(H,55,56). The van der Waals surface area contributed by atoms with Gasteiger partial charge >= 0.3 is 18.3 Å². The van der Waals surface area contributed by atoms with E-state index in [4.69, 9.17) is 4.74 Å². The van der Waals surface area contributed by atoms with Gasteiger partial charge in [-0.2, -0.15) is 26.3 Å². The molecule has 3 heterocycles. The van der Waals surface area contributed by atoms with Crippen molar-refractivity contribution in [2.45, 2.75) is 127 Å². The van der Waals surface area contributed by atoms with Crippen LogP contribution in [0.1, 0.15) is 107 Å². The summed E-state index contributed by atoms with van der Waals surface area (Å²) < 4.78 is 120. The first-order valence-corrected chi connectivity index (χ1v) is 19.6. The number of hydrogen-bond donors (Lipinski definition) is 2. The Kier molecular flexibility index (Phi) is 10.8. The lowest BCUT2D eigenvalue weighted by Gasteiger charge is -2.52. The number of carbonyl (C=O) groups is 2. The number of ether oxygens (including phenoxy) is 1. The number of likely N-dealkylation sites (tertiary alicyclic amines) is 1. The summed E-state index contributed by atoms with van der Waals surface area (Å²) in [6, 6.07) is 3.94. The van der Waals surface area contributed by atoms with Gasteiger partial charge in [-0.1, -0.05) is 13.8 Å². The summed E-state index contributed by atoms with van der Waals surface area (Å²) in [5.74, 6) is -6.01. The zero-order chi connectivity index (χ0) is 41.2. The maximum Gasteiger partial charge on any atom is 0.434 e. The second-order valence-electron chi connectivity index (χ2n) is 17.0. The van der Waals surface area contributed by atoms with Crippen LogP contribution in [0.5, 0.6) is 5.75 Å². The van der Waals surface area contributed by atoms with Crippen molar-refractivity contribution in [2.75, 3.05) is 13.1 Å². The number of alkyl halides is 8. The summed E-state index contributed by atoms with van der Waals surface area (Å²) in [5.41, 5.74) is -3.66. The van der Waals surface area contributed by atoms with Crippen molar-refractivity contribution in [3.8, 4) is 17.1 Å². The van der Waals surface area contributed by atoms with Gasteiger partial charge in [0.05, 0.1) is 17.6 Å². The fraction of sp³-hybridized carbons (Fsp3) is 0.650. The number of piperidine rings is 1. The summed E-state index contributed by atoms with van der Waals surface area (Å²) in [4.78, 5) is 36.2. The number of fused-ring (bicyclic) bond motifs is 3. The third kappa shape index (κ3) is 8.31. The topological polar surface area (TPSA) is 110 Å². The Morgan fingerprint density at radius 3 is 2.35 bits per heavy atom. The van der Waals surface area contributed by atoms with Crippen molar-refractivity contribution in [3.63, 3.8) is 0 Å². The highest BCUT2D eigenvalue weighted by Crippen LogP contribution is 2.51. The number of nitrogens with one attached hydrogen (secondary N) is 1. The van der Waals surface area contributed by atoms with Crippen molar-refractivity contribution in [3.05, 3.63) is 41.9 Å². The largest absolute Gasteiger partial charge is 0.490 e. The van der Waals surface area contributed by atoms with E-state index >= 15 is 0 Å². The molecule has 7 rings (SSSR count). The van der Waals surface area contributed by atoms with Crippen LogP contribution in [0.25, 0.3) is 22.3 Å². The molecule has 2 bridgehead atoms. The molecule has 1 amide bonds. The summed E-state index contributed by atoms with van der Waals surface area (Å²) in [7, 11) is 0. The molecule has 1 aliphatic heterocycles. The summed E-state index contributed by atoms with van der Waals surface area (Å²) >= 11 is 0. The SMILES string of the molecule is CC1CC2CC(C)C(NC(=O)c3cnc(-c4cn(C5CCC(F)(F)CC5)c5cc(OC6CCN(CC(F)(F)F)C(C)C6)ccc45)nc3C(F)(F)F)(C(=O)O)C(C1)C2. The Morgan fingerprint density at radius 2 is 1.70 bits per heavy atom. The molecule has 2 N–H and O–H groups in total. The maximum atomic E-state index is 14.8. The first kappa shape index (κ1) is 41.2. The number of aliphatic carboxylic acids is 1. The normalized spacial score (nSPS) is 29.9. The van der Waals surface area contributed by atoms with Crippen LogP contribution in [0.15, 0.2) is 30.6 Å². The molecule has 3 aliphatic carbocycles. The van der Waals surface area contributed by atoms with E-state index < -0.39 is 96.4 Å². The molecule has 1 aromatic carbocycles. The number of benzene rings is 1. The van der Waals surface area contributed by atoms with Gasteiger partial charge in [-0.15, -0.1) is 0 Å². The minimum atomic E-state index is -5.15. The Hall–Kier alpha value is -4.02. The first-order chi connectivity index (χ1) is 26.6. The number of halogens is 8. The van der Waals surface area contributed by atoms with E-state index in [1.165, 1.54) is 11.1 Å². The number of carbonyl (C=O) groups excluding carboxylic acids is 1. The van der Waals surface area contributed by atoms with Crippen molar-refractivity contribution in [2.24, 2.45) is 23.7 Å². The van der Waals surface area contributed by atoms with E-state index in [1.807, 2.05) is 6.92 Å². The zero-order valence-electron chi connectivity index (χ0n) is 31.9. The van der Waals surface area contributed by atoms with Crippen LogP contribution in [0.2, 0.25) is 0 Å². The van der Waals surface area contributed by atoms with E-state index in [-0.39, 0.29) is 42.6 Å². The van der Waals surface area contributed by atoms with Gasteiger partial charge in [0.1, 0.15) is 17.4 Å². The van der Waals surface area contributed by atoms with Crippen molar-refractivity contribution >= 4 is 22.8 Å². The third-order valence-electron chi connectivity index (χ3n) is 12.9. The zero-order valence-corrected chi connectivity index (χ0v) is 31.9. The number of hydrogen-bond acceptors (Lipinski definition) is 6. The van der Waals surface area contributed by atoms with Crippen LogP contribution in [-0.2, 0) is 11.0 Å². The molecule has 4 fully saturated rings. The van der Waals surface area contributed by atoms with Crippen LogP contribution in [-0.4, -0.2) is 79.3 Å². The first-order valence-electron chi connectivity index (χ1n) is 19.6. The van der Waals surface area contributed by atoms with Crippen LogP contribution < -0.4 is 10.1 Å². The number of amides is 1. The summed E-state index contributed by atoms with van der Waals surface area (Å²) in [6.45, 7) is 4.52. The molecule has 312 valence electrons. The molecule has 4 aliphatic rings. The molecule has 9 nitrogen and oxygen atoms in total. The number of carboxylic acids is 1. The molecule has 2 aromatic heterocycles. The molecule has 17 heteroatoms. The second-order valence-corrected chi connectivity index (χ2v) is 17.0. The Labute approximate surface area is 324 Å². The molecule has 3 aromatic rings. The summed E-state index contributed by atoms with van der Waals surface area (Å²) in [6.07, 6.45) is -5.17. The Morgan fingerprint density at radius 1 is 0.982 bits per heavy atom.